The number of carbonyl (C=O) groups excluding carboxylic acids is 2. The van der Waals surface area contributed by atoms with Crippen LogP contribution in [0.4, 0.5) is 4.79 Å². The first-order valence-corrected chi connectivity index (χ1v) is 8.87. The first-order chi connectivity index (χ1) is 11.7. The molecule has 0 spiro atoms. The molecule has 1 aromatic heterocycles. The maximum atomic E-state index is 12.6. The number of nitrogens with zero attached hydrogens (tertiary/aromatic N) is 4. The third-order valence-electron chi connectivity index (χ3n) is 4.59. The van der Waals surface area contributed by atoms with Crippen LogP contribution in [0, 0.1) is 11.8 Å². The summed E-state index contributed by atoms with van der Waals surface area (Å²) in [5.41, 5.74) is -0.203. The molecule has 2 aliphatic rings. The molecule has 0 bridgehead atoms. The van der Waals surface area contributed by atoms with Crippen LogP contribution in [-0.4, -0.2) is 63.8 Å². The number of fused-ring (bicyclic) bond motifs is 1. The van der Waals surface area contributed by atoms with Gasteiger partial charge in [-0.3, -0.25) is 4.79 Å². The van der Waals surface area contributed by atoms with Crippen LogP contribution in [0.15, 0.2) is 12.1 Å². The second kappa shape index (κ2) is 6.78. The summed E-state index contributed by atoms with van der Waals surface area (Å²) in [6.45, 7) is 8.18. The molecule has 3 heterocycles. The lowest BCUT2D eigenvalue weighted by molar-refractivity contribution is 0.0139. The molecule has 2 atom stereocenters. The van der Waals surface area contributed by atoms with E-state index in [2.05, 4.69) is 10.2 Å². The molecule has 2 fully saturated rings. The zero-order valence-corrected chi connectivity index (χ0v) is 15.5. The van der Waals surface area contributed by atoms with Crippen LogP contribution in [0.2, 0.25) is 5.15 Å². The summed E-state index contributed by atoms with van der Waals surface area (Å²) in [7, 11) is 0. The molecule has 0 aliphatic carbocycles. The molecule has 25 heavy (non-hydrogen) atoms. The Morgan fingerprint density at radius 2 is 1.80 bits per heavy atom. The van der Waals surface area contributed by atoms with Crippen molar-refractivity contribution in [3.63, 3.8) is 0 Å². The molecule has 1 aromatic rings. The molecule has 2 aliphatic heterocycles. The number of amides is 2. The van der Waals surface area contributed by atoms with Gasteiger partial charge >= 0.3 is 6.09 Å². The van der Waals surface area contributed by atoms with E-state index < -0.39 is 5.60 Å². The van der Waals surface area contributed by atoms with Gasteiger partial charge in [0.2, 0.25) is 0 Å². The van der Waals surface area contributed by atoms with E-state index in [1.807, 2.05) is 20.8 Å². The second-order valence-electron chi connectivity index (χ2n) is 7.69. The second-order valence-corrected chi connectivity index (χ2v) is 8.07. The standard InChI is InChI=1S/C17H23ClN4O3/c1-17(2,3)25-16(24)21-7-6-11-8-22(10-12(11)9-21)15(23)13-4-5-14(18)20-19-13/h4-5,11-12H,6-10H2,1-3H3/t11-,12+/m1/s1. The SMILES string of the molecule is CC(C)(C)OC(=O)N1CC[C@@H]2CN(C(=O)c3ccc(Cl)nn3)C[C@@H]2C1. The van der Waals surface area contributed by atoms with Crippen molar-refractivity contribution >= 4 is 23.6 Å². The Balaban J connectivity index is 1.61. The quantitative estimate of drug-likeness (QED) is 0.763. The van der Waals surface area contributed by atoms with Gasteiger partial charge in [-0.15, -0.1) is 10.2 Å². The van der Waals surface area contributed by atoms with Crippen molar-refractivity contribution < 1.29 is 14.3 Å². The zero-order valence-electron chi connectivity index (χ0n) is 14.7. The van der Waals surface area contributed by atoms with E-state index in [-0.39, 0.29) is 23.1 Å². The van der Waals surface area contributed by atoms with E-state index in [0.717, 1.165) is 6.42 Å². The van der Waals surface area contributed by atoms with Gasteiger partial charge < -0.3 is 14.5 Å². The molecular weight excluding hydrogens is 344 g/mol. The fourth-order valence-electron chi connectivity index (χ4n) is 3.42. The Morgan fingerprint density at radius 1 is 1.12 bits per heavy atom. The normalized spacial score (nSPS) is 23.4. The molecule has 0 aromatic carbocycles. The fraction of sp³-hybridized carbons (Fsp3) is 0.647. The third kappa shape index (κ3) is 4.21. The minimum absolute atomic E-state index is 0.137. The Morgan fingerprint density at radius 3 is 2.44 bits per heavy atom. The van der Waals surface area contributed by atoms with Gasteiger partial charge in [-0.05, 0) is 51.2 Å². The lowest BCUT2D eigenvalue weighted by Crippen LogP contribution is -2.45. The molecule has 0 radical (unpaired) electrons. The van der Waals surface area contributed by atoms with Crippen LogP contribution >= 0.6 is 11.6 Å². The van der Waals surface area contributed by atoms with Gasteiger partial charge in [-0.25, -0.2) is 4.79 Å². The summed E-state index contributed by atoms with van der Waals surface area (Å²) in [4.78, 5) is 28.4. The molecule has 3 rings (SSSR count). The molecule has 0 unspecified atom stereocenters. The Labute approximate surface area is 152 Å². The summed E-state index contributed by atoms with van der Waals surface area (Å²) in [6, 6.07) is 3.15. The summed E-state index contributed by atoms with van der Waals surface area (Å²) in [6.07, 6.45) is 0.597. The number of hydrogen-bond acceptors (Lipinski definition) is 5. The van der Waals surface area contributed by atoms with Gasteiger partial charge in [0, 0.05) is 26.2 Å². The van der Waals surface area contributed by atoms with Crippen LogP contribution in [0.1, 0.15) is 37.7 Å². The average molecular weight is 367 g/mol. The van der Waals surface area contributed by atoms with E-state index in [1.54, 1.807) is 21.9 Å². The van der Waals surface area contributed by atoms with Crippen molar-refractivity contribution in [3.05, 3.63) is 23.0 Å². The lowest BCUT2D eigenvalue weighted by Gasteiger charge is -2.35. The number of likely N-dealkylation sites (tertiary alicyclic amines) is 2. The highest BCUT2D eigenvalue weighted by Crippen LogP contribution is 2.32. The molecule has 2 amide bonds. The number of ether oxygens (including phenoxy) is 1. The van der Waals surface area contributed by atoms with Crippen molar-refractivity contribution in [2.75, 3.05) is 26.2 Å². The van der Waals surface area contributed by atoms with Crippen molar-refractivity contribution in [2.24, 2.45) is 11.8 Å². The number of halogens is 1. The molecule has 2 saturated heterocycles. The minimum atomic E-state index is -0.501. The number of piperidine rings is 1. The number of carbonyl (C=O) groups is 2. The van der Waals surface area contributed by atoms with Gasteiger partial charge in [0.05, 0.1) is 0 Å². The first-order valence-electron chi connectivity index (χ1n) is 8.49. The highest BCUT2D eigenvalue weighted by molar-refractivity contribution is 6.29. The topological polar surface area (TPSA) is 75.6 Å². The Hall–Kier alpha value is -1.89. The predicted octanol–water partition coefficient (Wildman–Crippen LogP) is 2.46. The maximum Gasteiger partial charge on any atom is 0.410 e. The van der Waals surface area contributed by atoms with Crippen molar-refractivity contribution in [1.82, 2.24) is 20.0 Å². The Kier molecular flexibility index (Phi) is 4.86. The van der Waals surface area contributed by atoms with Crippen LogP contribution in [0.3, 0.4) is 0 Å². The molecule has 8 heteroatoms. The summed E-state index contributed by atoms with van der Waals surface area (Å²) in [5.74, 6) is 0.538. The van der Waals surface area contributed by atoms with Crippen LogP contribution in [-0.2, 0) is 4.74 Å². The number of aromatic nitrogens is 2. The summed E-state index contributed by atoms with van der Waals surface area (Å²) >= 11 is 5.72. The number of hydrogen-bond donors (Lipinski definition) is 0. The molecule has 7 nitrogen and oxygen atoms in total. The zero-order chi connectivity index (χ0) is 18.2. The summed E-state index contributed by atoms with van der Waals surface area (Å²) in [5, 5.41) is 7.86. The highest BCUT2D eigenvalue weighted by Gasteiger charge is 2.41. The van der Waals surface area contributed by atoms with Gasteiger partial charge in [0.1, 0.15) is 5.60 Å². The largest absolute Gasteiger partial charge is 0.444 e. The monoisotopic (exact) mass is 366 g/mol. The lowest BCUT2D eigenvalue weighted by atomic mass is 9.89. The fourth-order valence-corrected chi connectivity index (χ4v) is 3.52. The van der Waals surface area contributed by atoms with Gasteiger partial charge in [0.15, 0.2) is 10.8 Å². The third-order valence-corrected chi connectivity index (χ3v) is 4.79. The van der Waals surface area contributed by atoms with Crippen molar-refractivity contribution in [2.45, 2.75) is 32.8 Å². The van der Waals surface area contributed by atoms with E-state index in [0.29, 0.717) is 37.8 Å². The van der Waals surface area contributed by atoms with Gasteiger partial charge in [0.25, 0.3) is 5.91 Å². The van der Waals surface area contributed by atoms with Gasteiger partial charge in [-0.2, -0.15) is 0 Å². The van der Waals surface area contributed by atoms with Crippen LogP contribution in [0.25, 0.3) is 0 Å². The molecule has 0 N–H and O–H groups in total. The van der Waals surface area contributed by atoms with Crippen LogP contribution in [0.5, 0.6) is 0 Å². The van der Waals surface area contributed by atoms with E-state index in [1.165, 1.54) is 0 Å². The highest BCUT2D eigenvalue weighted by atomic mass is 35.5. The first kappa shape index (κ1) is 17.9. The van der Waals surface area contributed by atoms with Crippen molar-refractivity contribution in [1.29, 1.82) is 0 Å². The molecule has 136 valence electrons. The van der Waals surface area contributed by atoms with E-state index in [9.17, 15) is 9.59 Å². The number of rotatable bonds is 1. The maximum absolute atomic E-state index is 12.6. The predicted molar refractivity (Wildman–Crippen MR) is 92.3 cm³/mol. The average Bonchev–Trinajstić information content (AvgIpc) is 2.96. The smallest absolute Gasteiger partial charge is 0.410 e. The molecular formula is C17H23ClN4O3. The van der Waals surface area contributed by atoms with Crippen LogP contribution < -0.4 is 0 Å². The van der Waals surface area contributed by atoms with E-state index >= 15 is 0 Å². The summed E-state index contributed by atoms with van der Waals surface area (Å²) < 4.78 is 5.46. The minimum Gasteiger partial charge on any atom is -0.444 e. The van der Waals surface area contributed by atoms with E-state index in [4.69, 9.17) is 16.3 Å². The van der Waals surface area contributed by atoms with Gasteiger partial charge in [-0.1, -0.05) is 11.6 Å². The Bertz CT molecular complexity index is 659. The molecule has 0 saturated carbocycles. The van der Waals surface area contributed by atoms with Crippen molar-refractivity contribution in [3.8, 4) is 0 Å².